The van der Waals surface area contributed by atoms with Crippen LogP contribution in [0, 0.1) is 5.82 Å². The number of fused-ring (bicyclic) bond motifs is 1. The quantitative estimate of drug-likeness (QED) is 0.763. The van der Waals surface area contributed by atoms with Crippen LogP contribution in [0.25, 0.3) is 22.3 Å². The predicted molar refractivity (Wildman–Crippen MR) is 82.2 cm³/mol. The number of benzene rings is 2. The summed E-state index contributed by atoms with van der Waals surface area (Å²) in [5, 5.41) is 4.01. The molecule has 5 heteroatoms. The van der Waals surface area contributed by atoms with Gasteiger partial charge in [-0.25, -0.2) is 14.4 Å². The summed E-state index contributed by atoms with van der Waals surface area (Å²) in [5.74, 6) is 1.05. The van der Waals surface area contributed by atoms with E-state index < -0.39 is 0 Å². The van der Waals surface area contributed by atoms with E-state index in [4.69, 9.17) is 0 Å². The normalized spacial score (nSPS) is 10.8. The van der Waals surface area contributed by atoms with E-state index in [-0.39, 0.29) is 5.82 Å². The van der Waals surface area contributed by atoms with Gasteiger partial charge in [0.15, 0.2) is 5.82 Å². The minimum Gasteiger partial charge on any atom is -0.373 e. The molecular weight excluding hydrogens is 321 g/mol. The SMILES string of the molecule is CNc1nc(-c2ccc(F)cc2)nc2ccc(Br)cc12. The molecule has 0 aliphatic carbocycles. The van der Waals surface area contributed by atoms with E-state index in [0.717, 1.165) is 26.8 Å². The molecule has 3 aromatic rings. The van der Waals surface area contributed by atoms with Crippen molar-refractivity contribution >= 4 is 32.7 Å². The summed E-state index contributed by atoms with van der Waals surface area (Å²) in [4.78, 5) is 9.03. The highest BCUT2D eigenvalue weighted by atomic mass is 79.9. The summed E-state index contributed by atoms with van der Waals surface area (Å²) in [6, 6.07) is 12.0. The second kappa shape index (κ2) is 5.17. The van der Waals surface area contributed by atoms with Crippen LogP contribution in [0.5, 0.6) is 0 Å². The summed E-state index contributed by atoms with van der Waals surface area (Å²) in [5.41, 5.74) is 1.62. The Morgan fingerprint density at radius 2 is 1.80 bits per heavy atom. The molecule has 3 nitrogen and oxygen atoms in total. The fraction of sp³-hybridized carbons (Fsp3) is 0.0667. The maximum atomic E-state index is 13.0. The number of nitrogens with one attached hydrogen (secondary N) is 1. The van der Waals surface area contributed by atoms with Crippen LogP contribution in [0.15, 0.2) is 46.9 Å². The number of hydrogen-bond donors (Lipinski definition) is 1. The van der Waals surface area contributed by atoms with Crippen molar-refractivity contribution in [1.82, 2.24) is 9.97 Å². The lowest BCUT2D eigenvalue weighted by atomic mass is 10.2. The Balaban J connectivity index is 2.22. The fourth-order valence-corrected chi connectivity index (χ4v) is 2.38. The predicted octanol–water partition coefficient (Wildman–Crippen LogP) is 4.24. The van der Waals surface area contributed by atoms with Gasteiger partial charge in [0.2, 0.25) is 0 Å². The first kappa shape index (κ1) is 13.0. The van der Waals surface area contributed by atoms with E-state index in [1.165, 1.54) is 12.1 Å². The summed E-state index contributed by atoms with van der Waals surface area (Å²) < 4.78 is 14.0. The lowest BCUT2D eigenvalue weighted by Gasteiger charge is -2.08. The van der Waals surface area contributed by atoms with Crippen LogP contribution in [-0.4, -0.2) is 17.0 Å². The molecule has 3 rings (SSSR count). The topological polar surface area (TPSA) is 37.8 Å². The summed E-state index contributed by atoms with van der Waals surface area (Å²) in [7, 11) is 1.82. The first-order valence-corrected chi connectivity index (χ1v) is 6.87. The van der Waals surface area contributed by atoms with Gasteiger partial charge in [0.1, 0.15) is 11.6 Å². The third-order valence-corrected chi connectivity index (χ3v) is 3.49. The molecule has 0 unspecified atom stereocenters. The van der Waals surface area contributed by atoms with Gasteiger partial charge in [-0.2, -0.15) is 0 Å². The smallest absolute Gasteiger partial charge is 0.162 e. The lowest BCUT2D eigenvalue weighted by Crippen LogP contribution is -1.98. The Hall–Kier alpha value is -2.01. The molecule has 1 aromatic heterocycles. The molecule has 0 saturated heterocycles. The third kappa shape index (κ3) is 2.36. The number of hydrogen-bond acceptors (Lipinski definition) is 3. The molecule has 1 heterocycles. The van der Waals surface area contributed by atoms with E-state index in [0.29, 0.717) is 5.82 Å². The van der Waals surface area contributed by atoms with Crippen LogP contribution >= 0.6 is 15.9 Å². The molecule has 0 saturated carbocycles. The van der Waals surface area contributed by atoms with Crippen molar-refractivity contribution < 1.29 is 4.39 Å². The molecule has 0 aliphatic rings. The Labute approximate surface area is 124 Å². The third-order valence-electron chi connectivity index (χ3n) is 3.00. The molecule has 0 aliphatic heterocycles. The largest absolute Gasteiger partial charge is 0.373 e. The highest BCUT2D eigenvalue weighted by molar-refractivity contribution is 9.10. The van der Waals surface area contributed by atoms with Gasteiger partial charge in [0.05, 0.1) is 5.52 Å². The second-order valence-corrected chi connectivity index (χ2v) is 5.23. The average Bonchev–Trinajstić information content (AvgIpc) is 2.47. The van der Waals surface area contributed by atoms with Gasteiger partial charge in [0.25, 0.3) is 0 Å². The van der Waals surface area contributed by atoms with Crippen LogP contribution < -0.4 is 5.32 Å². The number of aromatic nitrogens is 2. The Kier molecular flexibility index (Phi) is 3.36. The van der Waals surface area contributed by atoms with Crippen molar-refractivity contribution in [1.29, 1.82) is 0 Å². The zero-order valence-electron chi connectivity index (χ0n) is 10.7. The van der Waals surface area contributed by atoms with Crippen LogP contribution in [0.1, 0.15) is 0 Å². The maximum absolute atomic E-state index is 13.0. The van der Waals surface area contributed by atoms with Gasteiger partial charge in [0, 0.05) is 22.5 Å². The highest BCUT2D eigenvalue weighted by Crippen LogP contribution is 2.27. The molecule has 0 radical (unpaired) electrons. The van der Waals surface area contributed by atoms with Crippen LogP contribution in [0.2, 0.25) is 0 Å². The van der Waals surface area contributed by atoms with Gasteiger partial charge in [-0.1, -0.05) is 15.9 Å². The van der Waals surface area contributed by atoms with Gasteiger partial charge >= 0.3 is 0 Å². The van der Waals surface area contributed by atoms with E-state index in [2.05, 4.69) is 31.2 Å². The lowest BCUT2D eigenvalue weighted by molar-refractivity contribution is 0.628. The molecule has 20 heavy (non-hydrogen) atoms. The average molecular weight is 332 g/mol. The van der Waals surface area contributed by atoms with Crippen molar-refractivity contribution in [3.05, 3.63) is 52.8 Å². The molecule has 0 amide bonds. The monoisotopic (exact) mass is 331 g/mol. The van der Waals surface area contributed by atoms with Crippen molar-refractivity contribution in [2.45, 2.75) is 0 Å². The van der Waals surface area contributed by atoms with Gasteiger partial charge in [-0.05, 0) is 42.5 Å². The van der Waals surface area contributed by atoms with Crippen molar-refractivity contribution in [2.24, 2.45) is 0 Å². The van der Waals surface area contributed by atoms with Gasteiger partial charge in [-0.3, -0.25) is 0 Å². The molecular formula is C15H11BrFN3. The van der Waals surface area contributed by atoms with Crippen molar-refractivity contribution in [3.63, 3.8) is 0 Å². The van der Waals surface area contributed by atoms with E-state index in [1.807, 2.05) is 25.2 Å². The molecule has 100 valence electrons. The number of nitrogens with zero attached hydrogens (tertiary/aromatic N) is 2. The highest BCUT2D eigenvalue weighted by Gasteiger charge is 2.09. The Morgan fingerprint density at radius 1 is 1.05 bits per heavy atom. The van der Waals surface area contributed by atoms with Crippen LogP contribution in [0.3, 0.4) is 0 Å². The van der Waals surface area contributed by atoms with Crippen molar-refractivity contribution in [3.8, 4) is 11.4 Å². The maximum Gasteiger partial charge on any atom is 0.162 e. The molecule has 1 N–H and O–H groups in total. The standard InChI is InChI=1S/C15H11BrFN3/c1-18-15-12-8-10(16)4-7-13(12)19-14(20-15)9-2-5-11(17)6-3-9/h2-8H,1H3,(H,18,19,20). The van der Waals surface area contributed by atoms with E-state index in [1.54, 1.807) is 12.1 Å². The first-order chi connectivity index (χ1) is 9.67. The Morgan fingerprint density at radius 3 is 2.50 bits per heavy atom. The summed E-state index contributed by atoms with van der Waals surface area (Å²) in [6.07, 6.45) is 0. The minimum atomic E-state index is -0.271. The molecule has 0 spiro atoms. The molecule has 2 aromatic carbocycles. The minimum absolute atomic E-state index is 0.271. The zero-order valence-corrected chi connectivity index (χ0v) is 12.3. The zero-order chi connectivity index (χ0) is 14.1. The molecule has 0 fully saturated rings. The fourth-order valence-electron chi connectivity index (χ4n) is 2.02. The van der Waals surface area contributed by atoms with E-state index >= 15 is 0 Å². The van der Waals surface area contributed by atoms with Crippen LogP contribution in [0.4, 0.5) is 10.2 Å². The number of anilines is 1. The van der Waals surface area contributed by atoms with Gasteiger partial charge < -0.3 is 5.32 Å². The van der Waals surface area contributed by atoms with Gasteiger partial charge in [-0.15, -0.1) is 0 Å². The summed E-state index contributed by atoms with van der Waals surface area (Å²) >= 11 is 3.44. The number of rotatable bonds is 2. The first-order valence-electron chi connectivity index (χ1n) is 6.08. The Bertz CT molecular complexity index is 772. The summed E-state index contributed by atoms with van der Waals surface area (Å²) in [6.45, 7) is 0. The molecule has 0 atom stereocenters. The van der Waals surface area contributed by atoms with Crippen molar-refractivity contribution in [2.75, 3.05) is 12.4 Å². The number of halogens is 2. The van der Waals surface area contributed by atoms with Crippen LogP contribution in [-0.2, 0) is 0 Å². The molecule has 0 bridgehead atoms. The van der Waals surface area contributed by atoms with E-state index in [9.17, 15) is 4.39 Å². The second-order valence-electron chi connectivity index (χ2n) is 4.31.